The number of rotatable bonds is 66. The first-order valence-corrected chi connectivity index (χ1v) is 48.6. The van der Waals surface area contributed by atoms with Crippen LogP contribution in [0.5, 0.6) is 0 Å². The van der Waals surface area contributed by atoms with E-state index in [1.54, 1.807) is 54.9 Å². The summed E-state index contributed by atoms with van der Waals surface area (Å²) in [6, 6.07) is 12.6. The summed E-state index contributed by atoms with van der Waals surface area (Å²) in [5.41, 5.74) is 13.8. The highest BCUT2D eigenvalue weighted by atomic mass is 32.2. The number of urea groups is 1. The number of aromatic nitrogens is 1. The average Bonchev–Trinajstić information content (AvgIpc) is 1.74. The van der Waals surface area contributed by atoms with Crippen LogP contribution in [0.15, 0.2) is 73.1 Å². The molecular weight excluding hydrogens is 1770 g/mol. The van der Waals surface area contributed by atoms with E-state index in [0.717, 1.165) is 36.2 Å². The van der Waals surface area contributed by atoms with Gasteiger partial charge in [0, 0.05) is 133 Å². The molecule has 15 amide bonds. The van der Waals surface area contributed by atoms with E-state index >= 15 is 0 Å². The number of aliphatic hydroxyl groups is 1. The van der Waals surface area contributed by atoms with E-state index in [1.807, 2.05) is 25.1 Å². The van der Waals surface area contributed by atoms with Crippen molar-refractivity contribution in [2.75, 3.05) is 115 Å². The SMILES string of the molecule is Cc1ccccc1NC(=O)Nc1ccc(CC(=O)N[C@@H](CCCCNC(=O)CCc2cccnc2)C(=O)N[C@@H](CCCC(=O)O)C(=O)NC2(C(=O)NCCOCCOCCNC(=O)CCC(=O)NCCOCCOCCNC(=O)CCC(=O)N[C@@H](CCCCNC(=O)[C@H](N)CSC3CC(=O)N(CC4CCC(C(=O)CCCCC(C)(O)P(=O)(O)O)CC4)C3=O)C(N)=O)CCCCC2)cc1. The van der Waals surface area contributed by atoms with E-state index in [9.17, 15) is 101 Å². The van der Waals surface area contributed by atoms with Crippen LogP contribution in [0.2, 0.25) is 0 Å². The number of carboxylic acids is 1. The third-order valence-corrected chi connectivity index (χ3v) is 25.8. The van der Waals surface area contributed by atoms with Crippen molar-refractivity contribution in [3.63, 3.8) is 0 Å². The Kier molecular flexibility index (Phi) is 50.8. The molecule has 43 heteroatoms. The zero-order valence-corrected chi connectivity index (χ0v) is 78.0. The number of nitrogens with one attached hydrogen (secondary N) is 12. The molecule has 1 aromatic heterocycles. The molecule has 41 nitrogen and oxygen atoms in total. The third kappa shape index (κ3) is 44.1. The van der Waals surface area contributed by atoms with Gasteiger partial charge in [-0.25, -0.2) is 4.79 Å². The van der Waals surface area contributed by atoms with Gasteiger partial charge < -0.3 is 114 Å². The van der Waals surface area contributed by atoms with Crippen molar-refractivity contribution in [3.05, 3.63) is 89.7 Å². The van der Waals surface area contributed by atoms with Crippen LogP contribution in [0.4, 0.5) is 16.2 Å². The number of ether oxygens (including phenoxy) is 4. The molecular formula is C90H137N16O25PS. The number of carbonyl (C=O) groups excluding carboxylic acids is 15. The molecule has 2 saturated carbocycles. The van der Waals surface area contributed by atoms with Gasteiger partial charge in [-0.3, -0.25) is 86.4 Å². The van der Waals surface area contributed by atoms with Gasteiger partial charge in [0.05, 0.1) is 70.6 Å². The minimum absolute atomic E-state index is 0.0122. The summed E-state index contributed by atoms with van der Waals surface area (Å²) in [4.78, 5) is 232. The molecule has 3 fully saturated rings. The number of thioether (sulfide) groups is 1. The Balaban J connectivity index is 0.760. The molecule has 1 saturated heterocycles. The minimum Gasteiger partial charge on any atom is -0.481 e. The van der Waals surface area contributed by atoms with Crippen molar-refractivity contribution >= 4 is 125 Å². The number of ketones is 1. The molecule has 3 aromatic rings. The van der Waals surface area contributed by atoms with Crippen molar-refractivity contribution in [2.24, 2.45) is 23.3 Å². The highest BCUT2D eigenvalue weighted by Gasteiger charge is 2.45. The van der Waals surface area contributed by atoms with Gasteiger partial charge in [-0.15, -0.1) is 11.8 Å². The Bertz CT molecular complexity index is 4310. The summed E-state index contributed by atoms with van der Waals surface area (Å²) in [7, 11) is -4.70. The summed E-state index contributed by atoms with van der Waals surface area (Å²) in [6.07, 6.45) is 10.5. The number of pyridine rings is 1. The number of carbonyl (C=O) groups is 16. The number of hydrogen-bond acceptors (Lipinski definition) is 25. The number of nitrogens with zero attached hydrogens (tertiary/aromatic N) is 2. The van der Waals surface area contributed by atoms with Gasteiger partial charge in [0.1, 0.15) is 29.4 Å². The summed E-state index contributed by atoms with van der Waals surface area (Å²) in [5.74, 6) is -7.42. The quantitative estimate of drug-likeness (QED) is 0.0219. The molecule has 2 aliphatic carbocycles. The van der Waals surface area contributed by atoms with Crippen molar-refractivity contribution in [1.82, 2.24) is 63.1 Å². The second-order valence-corrected chi connectivity index (χ2v) is 37.1. The van der Waals surface area contributed by atoms with Crippen molar-refractivity contribution in [2.45, 2.75) is 247 Å². The lowest BCUT2D eigenvalue weighted by Crippen LogP contribution is -2.63. The molecule has 2 aromatic carbocycles. The lowest BCUT2D eigenvalue weighted by molar-refractivity contribution is -0.140. The number of hydrogen-bond donors (Lipinski definition) is 18. The van der Waals surface area contributed by atoms with Gasteiger partial charge >= 0.3 is 19.6 Å². The molecule has 3 aliphatic rings. The topological polar surface area (TPSA) is 621 Å². The number of carboxylic acid groups (broad SMARTS) is 1. The number of aliphatic carboxylic acids is 1. The number of para-hydroxylation sites is 1. The molecule has 2 heterocycles. The summed E-state index contributed by atoms with van der Waals surface area (Å²) < 4.78 is 33.7. The predicted octanol–water partition coefficient (Wildman–Crippen LogP) is 2.90. The smallest absolute Gasteiger partial charge is 0.356 e. The van der Waals surface area contributed by atoms with Crippen LogP contribution in [-0.4, -0.2) is 269 Å². The van der Waals surface area contributed by atoms with Crippen molar-refractivity contribution in [3.8, 4) is 0 Å². The second-order valence-electron chi connectivity index (χ2n) is 33.8. The standard InChI is InChI=1S/C90H137N16O25PS/c1-61-16-4-5-18-68(61)104-88(123)100-66-31-26-62(27-32-66)56-79(113)102-70(20-8-12-42-94-74(108)33-28-63-17-15-41-93-58-63)84(119)103-71(21-14-23-81(115)116)85(120)105-90(39-9-3-10-40-90)87(122)99-47-51-131-55-54-130-49-45-96-76(110)35-34-75(109)95-44-48-128-52-53-129-50-46-97-77(111)36-37-78(112)101-69(82(92)117)19-7-13-43-98-83(118)67(91)60-133-73-57-80(114)106(86(73)121)59-64-24-29-65(30-25-64)72(107)22-6-11-38-89(2,124)132(125,126)127/h4-5,15-18,26-27,31-32,41,58,64-65,67,69-71,73,124H,3,6-14,19-25,28-30,33-40,42-57,59-60,91H2,1-2H3,(H2,92,117)(H,94,108)(H,95,109)(H,96,110)(H,97,111)(H,98,118)(H,99,122)(H,101,112)(H,102,113)(H,103,119)(H,105,120)(H,115,116)(H2,100,104,123)(H2,125,126,127)/t64?,65?,67-,69+,70+,71+,73?,89?/m1/s1. The maximum absolute atomic E-state index is 14.4. The maximum Gasteiger partial charge on any atom is 0.356 e. The fraction of sp³-hybridized carbons (Fsp3) is 0.633. The molecule has 0 spiro atoms. The molecule has 2 unspecified atom stereocenters. The number of aryl methyl sites for hydroxylation is 2. The average molecular weight is 1910 g/mol. The molecule has 0 radical (unpaired) electrons. The number of anilines is 2. The Morgan fingerprint density at radius 3 is 1.70 bits per heavy atom. The Hall–Kier alpha value is -10.4. The Labute approximate surface area is 779 Å². The summed E-state index contributed by atoms with van der Waals surface area (Å²) >= 11 is 1.13. The first-order chi connectivity index (χ1) is 63.6. The normalized spacial score (nSPS) is 16.7. The zero-order valence-electron chi connectivity index (χ0n) is 76.3. The highest BCUT2D eigenvalue weighted by Crippen LogP contribution is 2.51. The molecule has 0 bridgehead atoms. The molecule has 738 valence electrons. The lowest BCUT2D eigenvalue weighted by Gasteiger charge is -2.38. The first-order valence-electron chi connectivity index (χ1n) is 45.9. The summed E-state index contributed by atoms with van der Waals surface area (Å²) in [5, 5.41) is 49.8. The number of likely N-dealkylation sites (tertiary alicyclic amines) is 1. The van der Waals surface area contributed by atoms with Crippen molar-refractivity contribution < 1.29 is 120 Å². The molecule has 6 rings (SSSR count). The Morgan fingerprint density at radius 2 is 1.12 bits per heavy atom. The van der Waals surface area contributed by atoms with Crippen LogP contribution in [-0.2, 0) is 108 Å². The van der Waals surface area contributed by atoms with Gasteiger partial charge in [0.25, 0.3) is 0 Å². The Morgan fingerprint density at radius 1 is 0.571 bits per heavy atom. The van der Waals surface area contributed by atoms with Crippen LogP contribution in [0.25, 0.3) is 0 Å². The number of nitrogens with two attached hydrogens (primary N) is 2. The first kappa shape index (κ1) is 111. The third-order valence-electron chi connectivity index (χ3n) is 23.0. The number of benzene rings is 2. The number of amides is 15. The van der Waals surface area contributed by atoms with Gasteiger partial charge in [0.2, 0.25) is 76.8 Å². The van der Waals surface area contributed by atoms with E-state index in [2.05, 4.69) is 68.8 Å². The second kappa shape index (κ2) is 60.7. The fourth-order valence-corrected chi connectivity index (χ4v) is 16.7. The van der Waals surface area contributed by atoms with Crippen LogP contribution >= 0.6 is 19.4 Å². The van der Waals surface area contributed by atoms with E-state index < -0.39 is 107 Å². The number of unbranched alkanes of at least 4 members (excludes halogenated alkanes) is 3. The fourth-order valence-electron chi connectivity index (χ4n) is 15.1. The lowest BCUT2D eigenvalue weighted by atomic mass is 9.79. The van der Waals surface area contributed by atoms with E-state index in [4.69, 9.17) is 30.4 Å². The van der Waals surface area contributed by atoms with E-state index in [-0.39, 0.29) is 261 Å². The predicted molar refractivity (Wildman–Crippen MR) is 492 cm³/mol. The van der Waals surface area contributed by atoms with Crippen LogP contribution < -0.4 is 75.3 Å². The monoisotopic (exact) mass is 1900 g/mol. The maximum atomic E-state index is 14.4. The van der Waals surface area contributed by atoms with Gasteiger partial charge in [-0.2, -0.15) is 0 Å². The number of primary amides is 1. The minimum atomic E-state index is -4.70. The van der Waals surface area contributed by atoms with Crippen LogP contribution in [0.1, 0.15) is 203 Å². The van der Waals surface area contributed by atoms with E-state index in [0.29, 0.717) is 94.0 Å². The molecule has 1 aliphatic heterocycles. The number of imide groups is 1. The van der Waals surface area contributed by atoms with Crippen LogP contribution in [0, 0.1) is 18.8 Å². The summed E-state index contributed by atoms with van der Waals surface area (Å²) in [6.45, 7) is 5.36. The number of Topliss-reactive ketones (excluding diaryl/α,β-unsaturated/α-hetero) is 1. The zero-order chi connectivity index (χ0) is 97.0. The molecule has 6 atom stereocenters. The van der Waals surface area contributed by atoms with Gasteiger partial charge in [-0.1, -0.05) is 55.7 Å². The van der Waals surface area contributed by atoms with Crippen LogP contribution in [0.3, 0.4) is 0 Å². The van der Waals surface area contributed by atoms with Gasteiger partial charge in [-0.05, 0) is 176 Å². The molecule has 20 N–H and O–H groups in total. The highest BCUT2D eigenvalue weighted by molar-refractivity contribution is 8.00. The van der Waals surface area contributed by atoms with Crippen molar-refractivity contribution in [1.29, 1.82) is 0 Å². The van der Waals surface area contributed by atoms with Gasteiger partial charge in [0.15, 0.2) is 5.34 Å². The molecule has 133 heavy (non-hydrogen) atoms. The van der Waals surface area contributed by atoms with E-state index in [1.165, 1.54) is 4.90 Å². The largest absolute Gasteiger partial charge is 0.481 e.